The summed E-state index contributed by atoms with van der Waals surface area (Å²) in [5.41, 5.74) is 8.09. The molecule has 1 heterocycles. The van der Waals surface area contributed by atoms with E-state index in [1.807, 2.05) is 84.9 Å². The van der Waals surface area contributed by atoms with E-state index in [0.717, 1.165) is 16.7 Å². The fourth-order valence-electron chi connectivity index (χ4n) is 3.92. The maximum absolute atomic E-state index is 13.5. The van der Waals surface area contributed by atoms with Gasteiger partial charge in [-0.1, -0.05) is 84.4 Å². The van der Waals surface area contributed by atoms with Crippen LogP contribution in [0.25, 0.3) is 0 Å². The summed E-state index contributed by atoms with van der Waals surface area (Å²) in [5, 5.41) is 0.679. The molecule has 1 atom stereocenters. The molecule has 0 saturated heterocycles. The van der Waals surface area contributed by atoms with Crippen LogP contribution in [0.5, 0.6) is 0 Å². The number of carbonyl (C=O) groups is 1. The third-order valence-corrected chi connectivity index (χ3v) is 5.54. The van der Waals surface area contributed by atoms with Crippen molar-refractivity contribution in [3.8, 4) is 0 Å². The van der Waals surface area contributed by atoms with Gasteiger partial charge in [-0.15, -0.1) is 0 Å². The van der Waals surface area contributed by atoms with E-state index in [4.69, 9.17) is 22.3 Å². The van der Waals surface area contributed by atoms with Gasteiger partial charge in [0.1, 0.15) is 0 Å². The first-order valence-electron chi connectivity index (χ1n) is 9.33. The van der Waals surface area contributed by atoms with Gasteiger partial charge in [0.25, 0.3) is 0 Å². The number of ketones is 1. The van der Waals surface area contributed by atoms with Crippen molar-refractivity contribution < 1.29 is 4.79 Å². The predicted molar refractivity (Wildman–Crippen MR) is 114 cm³/mol. The summed E-state index contributed by atoms with van der Waals surface area (Å²) >= 11 is 6.10. The van der Waals surface area contributed by atoms with E-state index in [9.17, 15) is 4.79 Å². The van der Waals surface area contributed by atoms with E-state index in [2.05, 4.69) is 0 Å². The molecule has 0 radical (unpaired) electrons. The molecule has 4 heteroatoms. The molecule has 140 valence electrons. The van der Waals surface area contributed by atoms with Crippen molar-refractivity contribution in [1.29, 1.82) is 0 Å². The van der Waals surface area contributed by atoms with Crippen LogP contribution in [-0.2, 0) is 16.8 Å². The summed E-state index contributed by atoms with van der Waals surface area (Å²) in [6.07, 6.45) is 0.979. The number of nitrogens with zero attached hydrogens (tertiary/aromatic N) is 1. The Morgan fingerprint density at radius 2 is 1.54 bits per heavy atom. The monoisotopic (exact) mass is 388 g/mol. The first kappa shape index (κ1) is 18.5. The van der Waals surface area contributed by atoms with Gasteiger partial charge in [0.15, 0.2) is 11.3 Å². The van der Waals surface area contributed by atoms with Crippen molar-refractivity contribution in [3.05, 3.63) is 107 Å². The highest BCUT2D eigenvalue weighted by Crippen LogP contribution is 2.40. The summed E-state index contributed by atoms with van der Waals surface area (Å²) in [5.74, 6) is 0.435. The largest absolute Gasteiger partial charge is 0.387 e. The summed E-state index contributed by atoms with van der Waals surface area (Å²) in [4.78, 5) is 18.4. The number of amidine groups is 1. The van der Waals surface area contributed by atoms with Crippen LogP contribution in [0.4, 0.5) is 0 Å². The number of Topliss-reactive ketones (excluding diaryl/α,β-unsaturated/α-hetero) is 1. The zero-order valence-corrected chi connectivity index (χ0v) is 16.1. The highest BCUT2D eigenvalue weighted by molar-refractivity contribution is 6.30. The lowest BCUT2D eigenvalue weighted by Gasteiger charge is -2.36. The number of nitrogens with two attached hydrogens (primary N) is 1. The molecule has 0 aliphatic carbocycles. The highest BCUT2D eigenvalue weighted by Gasteiger charge is 2.46. The van der Waals surface area contributed by atoms with Crippen molar-refractivity contribution in [2.75, 3.05) is 0 Å². The Morgan fingerprint density at radius 1 is 0.929 bits per heavy atom. The molecule has 0 fully saturated rings. The second kappa shape index (κ2) is 7.61. The van der Waals surface area contributed by atoms with E-state index in [-0.39, 0.29) is 11.7 Å². The number of benzene rings is 3. The molecule has 28 heavy (non-hydrogen) atoms. The molecule has 4 rings (SSSR count). The molecule has 1 aliphatic rings. The van der Waals surface area contributed by atoms with Crippen molar-refractivity contribution in [2.24, 2.45) is 16.6 Å². The number of aliphatic imine (C=N–C) groups is 1. The molecule has 0 saturated carbocycles. The van der Waals surface area contributed by atoms with E-state index in [1.54, 1.807) is 0 Å². The molecule has 0 amide bonds. The number of carbonyl (C=O) groups excluding carboxylic acids is 1. The minimum atomic E-state index is -1.09. The van der Waals surface area contributed by atoms with Gasteiger partial charge in [-0.2, -0.15) is 0 Å². The van der Waals surface area contributed by atoms with Crippen LogP contribution < -0.4 is 5.73 Å². The number of rotatable bonds is 4. The van der Waals surface area contributed by atoms with Crippen LogP contribution in [0.2, 0.25) is 5.02 Å². The molecular formula is C24H21ClN2O. The van der Waals surface area contributed by atoms with Crippen molar-refractivity contribution in [2.45, 2.75) is 18.4 Å². The van der Waals surface area contributed by atoms with Gasteiger partial charge in [0.05, 0.1) is 5.84 Å². The summed E-state index contributed by atoms with van der Waals surface area (Å²) in [7, 11) is 0. The minimum absolute atomic E-state index is 0.0612. The Labute approximate surface area is 169 Å². The van der Waals surface area contributed by atoms with Gasteiger partial charge >= 0.3 is 0 Å². The summed E-state index contributed by atoms with van der Waals surface area (Å²) in [6.45, 7) is 0. The Morgan fingerprint density at radius 3 is 2.11 bits per heavy atom. The lowest BCUT2D eigenvalue weighted by Crippen LogP contribution is -2.46. The van der Waals surface area contributed by atoms with Crippen LogP contribution in [0, 0.1) is 5.92 Å². The quantitative estimate of drug-likeness (QED) is 0.699. The van der Waals surface area contributed by atoms with Crippen molar-refractivity contribution >= 4 is 23.2 Å². The third-order valence-electron chi connectivity index (χ3n) is 5.30. The average Bonchev–Trinajstić information content (AvgIpc) is 2.72. The van der Waals surface area contributed by atoms with Gasteiger partial charge in [0.2, 0.25) is 0 Å². The van der Waals surface area contributed by atoms with Gasteiger partial charge in [0, 0.05) is 17.4 Å². The molecular weight excluding hydrogens is 368 g/mol. The SMILES string of the molecule is NC1=NC(c2ccccc2)(c2ccccc2)C(=O)CC1Cc1cccc(Cl)c1. The first-order chi connectivity index (χ1) is 13.6. The normalized spacial score (nSPS) is 18.5. The Kier molecular flexibility index (Phi) is 5.01. The average molecular weight is 389 g/mol. The zero-order chi connectivity index (χ0) is 19.6. The van der Waals surface area contributed by atoms with Gasteiger partial charge in [-0.05, 0) is 35.2 Å². The van der Waals surface area contributed by atoms with Crippen molar-refractivity contribution in [1.82, 2.24) is 0 Å². The second-order valence-corrected chi connectivity index (χ2v) is 7.57. The highest BCUT2D eigenvalue weighted by atomic mass is 35.5. The smallest absolute Gasteiger partial charge is 0.171 e. The number of halogens is 1. The molecule has 0 bridgehead atoms. The topological polar surface area (TPSA) is 55.4 Å². The lowest BCUT2D eigenvalue weighted by atomic mass is 9.73. The van der Waals surface area contributed by atoms with Crippen molar-refractivity contribution in [3.63, 3.8) is 0 Å². The molecule has 2 N–H and O–H groups in total. The van der Waals surface area contributed by atoms with E-state index in [0.29, 0.717) is 23.7 Å². The fraction of sp³-hybridized carbons (Fsp3) is 0.167. The minimum Gasteiger partial charge on any atom is -0.387 e. The fourth-order valence-corrected chi connectivity index (χ4v) is 4.14. The van der Waals surface area contributed by atoms with Crippen LogP contribution >= 0.6 is 11.6 Å². The van der Waals surface area contributed by atoms with Crippen LogP contribution in [0.1, 0.15) is 23.1 Å². The van der Waals surface area contributed by atoms with Gasteiger partial charge < -0.3 is 5.73 Å². The zero-order valence-electron chi connectivity index (χ0n) is 15.4. The predicted octanol–water partition coefficient (Wildman–Crippen LogP) is 4.77. The molecule has 1 aliphatic heterocycles. The van der Waals surface area contributed by atoms with E-state index < -0.39 is 5.54 Å². The first-order valence-corrected chi connectivity index (χ1v) is 9.71. The standard InChI is InChI=1S/C24H21ClN2O/c25-21-13-7-8-17(15-21)14-18-16-22(28)24(27-23(18)26,19-9-3-1-4-10-19)20-11-5-2-6-12-20/h1-13,15,18H,14,16H2,(H2,26,27). The maximum atomic E-state index is 13.5. The van der Waals surface area contributed by atoms with E-state index in [1.165, 1.54) is 0 Å². The van der Waals surface area contributed by atoms with Gasteiger partial charge in [-0.25, -0.2) is 4.99 Å². The molecule has 1 unspecified atom stereocenters. The van der Waals surface area contributed by atoms with Crippen LogP contribution in [-0.4, -0.2) is 11.6 Å². The molecule has 3 aromatic rings. The third kappa shape index (κ3) is 3.34. The maximum Gasteiger partial charge on any atom is 0.171 e. The Balaban J connectivity index is 1.78. The Hall–Kier alpha value is -2.91. The number of hydrogen-bond acceptors (Lipinski definition) is 3. The summed E-state index contributed by atoms with van der Waals surface area (Å²) in [6, 6.07) is 27.0. The van der Waals surface area contributed by atoms with Crippen LogP contribution in [0.15, 0.2) is 89.9 Å². The summed E-state index contributed by atoms with van der Waals surface area (Å²) < 4.78 is 0. The van der Waals surface area contributed by atoms with Crippen LogP contribution in [0.3, 0.4) is 0 Å². The van der Waals surface area contributed by atoms with Gasteiger partial charge in [-0.3, -0.25) is 4.79 Å². The number of hydrogen-bond donors (Lipinski definition) is 1. The molecule has 3 aromatic carbocycles. The van der Waals surface area contributed by atoms with E-state index >= 15 is 0 Å². The molecule has 0 spiro atoms. The molecule has 0 aromatic heterocycles. The second-order valence-electron chi connectivity index (χ2n) is 7.14. The lowest BCUT2D eigenvalue weighted by molar-refractivity contribution is -0.124. The Bertz CT molecular complexity index is 976. The molecule has 3 nitrogen and oxygen atoms in total.